The van der Waals surface area contributed by atoms with E-state index in [2.05, 4.69) is 4.98 Å². The van der Waals surface area contributed by atoms with Gasteiger partial charge in [0.05, 0.1) is 25.4 Å². The molecule has 1 atom stereocenters. The summed E-state index contributed by atoms with van der Waals surface area (Å²) in [7, 11) is 0. The Bertz CT molecular complexity index is 848. The summed E-state index contributed by atoms with van der Waals surface area (Å²) < 4.78 is 11.9. The van der Waals surface area contributed by atoms with E-state index in [0.29, 0.717) is 37.8 Å². The molecule has 0 bridgehead atoms. The van der Waals surface area contributed by atoms with Crippen LogP contribution in [-0.2, 0) is 16.1 Å². The van der Waals surface area contributed by atoms with E-state index < -0.39 is 0 Å². The largest absolute Gasteiger partial charge is 0.508 e. The average molecular weight is 382 g/mol. The van der Waals surface area contributed by atoms with Crippen LogP contribution in [0, 0.1) is 12.8 Å². The van der Waals surface area contributed by atoms with Crippen molar-refractivity contribution in [3.05, 3.63) is 59.4 Å². The molecule has 148 valence electrons. The molecule has 1 amide bonds. The van der Waals surface area contributed by atoms with Gasteiger partial charge in [-0.25, -0.2) is 0 Å². The maximum absolute atomic E-state index is 12.6. The Morgan fingerprint density at radius 2 is 2.14 bits per heavy atom. The van der Waals surface area contributed by atoms with Gasteiger partial charge in [0.25, 0.3) is 5.91 Å². The van der Waals surface area contributed by atoms with Crippen LogP contribution in [0.1, 0.15) is 34.6 Å². The van der Waals surface area contributed by atoms with Crippen LogP contribution in [0.4, 0.5) is 0 Å². The van der Waals surface area contributed by atoms with E-state index in [1.165, 1.54) is 6.07 Å². The van der Waals surface area contributed by atoms with Crippen LogP contribution in [0.3, 0.4) is 0 Å². The summed E-state index contributed by atoms with van der Waals surface area (Å²) in [6, 6.07) is 12.4. The van der Waals surface area contributed by atoms with Gasteiger partial charge >= 0.3 is 0 Å². The molecular formula is C22H26N2O4. The molecule has 6 nitrogen and oxygen atoms in total. The first-order chi connectivity index (χ1) is 13.6. The number of likely N-dealkylation sites (tertiary alicyclic amines) is 1. The SMILES string of the molecule is Cc1cccc(COCC[C@H]2CCOC23CN(C(=O)c2cccc(O)c2)C3)n1. The monoisotopic (exact) mass is 382 g/mol. The number of hydrogen-bond donors (Lipinski definition) is 1. The number of carbonyl (C=O) groups is 1. The molecule has 0 radical (unpaired) electrons. The molecule has 1 aromatic carbocycles. The number of ether oxygens (including phenoxy) is 2. The third-order valence-corrected chi connectivity index (χ3v) is 5.70. The van der Waals surface area contributed by atoms with Crippen molar-refractivity contribution in [1.82, 2.24) is 9.88 Å². The first-order valence-corrected chi connectivity index (χ1v) is 9.78. The second-order valence-electron chi connectivity index (χ2n) is 7.72. The van der Waals surface area contributed by atoms with Crippen molar-refractivity contribution in [2.75, 3.05) is 26.3 Å². The standard InChI is InChI=1S/C22H26N2O4/c1-16-4-2-6-19(23-16)13-27-10-8-18-9-11-28-22(18)14-24(15-22)21(26)17-5-3-7-20(25)12-17/h2-7,12,18,25H,8-11,13-15H2,1H3/t18-/m0/s1. The number of benzene rings is 1. The maximum Gasteiger partial charge on any atom is 0.254 e. The zero-order valence-electron chi connectivity index (χ0n) is 16.1. The van der Waals surface area contributed by atoms with Gasteiger partial charge in [-0.3, -0.25) is 9.78 Å². The molecule has 0 unspecified atom stereocenters. The zero-order valence-corrected chi connectivity index (χ0v) is 16.1. The summed E-state index contributed by atoms with van der Waals surface area (Å²) in [6.45, 7) is 5.09. The molecule has 4 rings (SSSR count). The summed E-state index contributed by atoms with van der Waals surface area (Å²) >= 11 is 0. The van der Waals surface area contributed by atoms with Gasteiger partial charge in [-0.2, -0.15) is 0 Å². The highest BCUT2D eigenvalue weighted by Crippen LogP contribution is 2.42. The minimum Gasteiger partial charge on any atom is -0.508 e. The highest BCUT2D eigenvalue weighted by Gasteiger charge is 2.54. The fraction of sp³-hybridized carbons (Fsp3) is 0.455. The van der Waals surface area contributed by atoms with Crippen LogP contribution < -0.4 is 0 Å². The highest BCUT2D eigenvalue weighted by molar-refractivity contribution is 5.95. The third-order valence-electron chi connectivity index (χ3n) is 5.70. The molecule has 28 heavy (non-hydrogen) atoms. The summed E-state index contributed by atoms with van der Waals surface area (Å²) in [6.07, 6.45) is 1.92. The van der Waals surface area contributed by atoms with E-state index >= 15 is 0 Å². The third kappa shape index (κ3) is 3.88. The lowest BCUT2D eigenvalue weighted by Crippen LogP contribution is -2.66. The molecular weight excluding hydrogens is 356 g/mol. The lowest BCUT2D eigenvalue weighted by molar-refractivity contribution is -0.120. The van der Waals surface area contributed by atoms with Crippen molar-refractivity contribution in [3.63, 3.8) is 0 Å². The number of carbonyl (C=O) groups excluding carboxylic acids is 1. The molecule has 1 spiro atoms. The zero-order chi connectivity index (χ0) is 19.6. The second-order valence-corrected chi connectivity index (χ2v) is 7.72. The van der Waals surface area contributed by atoms with Crippen molar-refractivity contribution in [1.29, 1.82) is 0 Å². The lowest BCUT2D eigenvalue weighted by Gasteiger charge is -2.50. The summed E-state index contributed by atoms with van der Waals surface area (Å²) in [4.78, 5) is 18.8. The molecule has 2 aliphatic rings. The predicted octanol–water partition coefficient (Wildman–Crippen LogP) is 2.93. The van der Waals surface area contributed by atoms with Gasteiger partial charge < -0.3 is 19.5 Å². The topological polar surface area (TPSA) is 71.9 Å². The van der Waals surface area contributed by atoms with Crippen LogP contribution in [0.25, 0.3) is 0 Å². The summed E-state index contributed by atoms with van der Waals surface area (Å²) in [5.74, 6) is 0.445. The van der Waals surface area contributed by atoms with E-state index in [-0.39, 0.29) is 17.3 Å². The molecule has 3 heterocycles. The van der Waals surface area contributed by atoms with E-state index in [4.69, 9.17) is 9.47 Å². The van der Waals surface area contributed by atoms with Crippen LogP contribution in [0.15, 0.2) is 42.5 Å². The number of rotatable bonds is 6. The number of aromatic nitrogens is 1. The molecule has 6 heteroatoms. The van der Waals surface area contributed by atoms with Crippen molar-refractivity contribution in [2.24, 2.45) is 5.92 Å². The number of phenolic OH excluding ortho intramolecular Hbond substituents is 1. The predicted molar refractivity (Wildman–Crippen MR) is 104 cm³/mol. The Balaban J connectivity index is 1.27. The minimum atomic E-state index is -0.239. The van der Waals surface area contributed by atoms with Gasteiger partial charge in [0.15, 0.2) is 0 Å². The molecule has 0 saturated carbocycles. The molecule has 2 saturated heterocycles. The first-order valence-electron chi connectivity index (χ1n) is 9.78. The van der Waals surface area contributed by atoms with Gasteiger partial charge in [0.2, 0.25) is 0 Å². The fourth-order valence-electron chi connectivity index (χ4n) is 4.19. The Morgan fingerprint density at radius 3 is 2.93 bits per heavy atom. The Hall–Kier alpha value is -2.44. The number of hydrogen-bond acceptors (Lipinski definition) is 5. The van der Waals surface area contributed by atoms with E-state index in [1.807, 2.05) is 25.1 Å². The summed E-state index contributed by atoms with van der Waals surface area (Å²) in [5.41, 5.74) is 2.22. The van der Waals surface area contributed by atoms with Gasteiger partial charge in [-0.1, -0.05) is 12.1 Å². The molecule has 1 N–H and O–H groups in total. The minimum absolute atomic E-state index is 0.0578. The van der Waals surface area contributed by atoms with Gasteiger partial charge in [-0.15, -0.1) is 0 Å². The normalized spacial score (nSPS) is 20.3. The van der Waals surface area contributed by atoms with Gasteiger partial charge in [0.1, 0.15) is 11.4 Å². The number of pyridine rings is 1. The highest BCUT2D eigenvalue weighted by atomic mass is 16.5. The molecule has 1 aromatic heterocycles. The van der Waals surface area contributed by atoms with Crippen molar-refractivity contribution < 1.29 is 19.4 Å². The molecule has 0 aliphatic carbocycles. The number of phenols is 1. The summed E-state index contributed by atoms with van der Waals surface area (Å²) in [5, 5.41) is 9.59. The van der Waals surface area contributed by atoms with Crippen LogP contribution >= 0.6 is 0 Å². The maximum atomic E-state index is 12.6. The second kappa shape index (κ2) is 7.89. The lowest BCUT2D eigenvalue weighted by atomic mass is 9.79. The quantitative estimate of drug-likeness (QED) is 0.778. The van der Waals surface area contributed by atoms with E-state index in [1.54, 1.807) is 23.1 Å². The smallest absolute Gasteiger partial charge is 0.254 e. The Morgan fingerprint density at radius 1 is 1.32 bits per heavy atom. The first kappa shape index (κ1) is 18.9. The number of aryl methyl sites for hydroxylation is 1. The average Bonchev–Trinajstić information content (AvgIpc) is 3.07. The fourth-order valence-corrected chi connectivity index (χ4v) is 4.19. The van der Waals surface area contributed by atoms with Crippen molar-refractivity contribution in [3.8, 4) is 5.75 Å². The van der Waals surface area contributed by atoms with Crippen LogP contribution in [0.5, 0.6) is 5.75 Å². The number of nitrogens with zero attached hydrogens (tertiary/aromatic N) is 2. The van der Waals surface area contributed by atoms with E-state index in [0.717, 1.165) is 30.8 Å². The van der Waals surface area contributed by atoms with Crippen LogP contribution in [-0.4, -0.2) is 52.8 Å². The van der Waals surface area contributed by atoms with Gasteiger partial charge in [0, 0.05) is 24.5 Å². The van der Waals surface area contributed by atoms with E-state index in [9.17, 15) is 9.90 Å². The molecule has 2 aromatic rings. The molecule has 2 fully saturated rings. The van der Waals surface area contributed by atoms with Gasteiger partial charge in [-0.05, 0) is 56.0 Å². The Kier molecular flexibility index (Phi) is 5.33. The van der Waals surface area contributed by atoms with Crippen molar-refractivity contribution in [2.45, 2.75) is 32.0 Å². The molecule has 2 aliphatic heterocycles. The number of amides is 1. The van der Waals surface area contributed by atoms with Crippen LogP contribution in [0.2, 0.25) is 0 Å². The number of aromatic hydroxyl groups is 1. The Labute approximate surface area is 165 Å². The van der Waals surface area contributed by atoms with Crippen molar-refractivity contribution >= 4 is 5.91 Å².